The van der Waals surface area contributed by atoms with Crippen LogP contribution in [0.15, 0.2) is 41.1 Å². The van der Waals surface area contributed by atoms with E-state index in [2.05, 4.69) is 19.9 Å². The first-order valence-corrected chi connectivity index (χ1v) is 8.85. The summed E-state index contributed by atoms with van der Waals surface area (Å²) in [5, 5.41) is 0. The Morgan fingerprint density at radius 3 is 2.92 bits per heavy atom. The third-order valence-electron chi connectivity index (χ3n) is 4.58. The van der Waals surface area contributed by atoms with Gasteiger partial charge in [0.05, 0.1) is 6.42 Å². The molecule has 0 atom stereocenters. The Morgan fingerprint density at radius 2 is 2.08 bits per heavy atom. The molecule has 0 saturated carbocycles. The highest BCUT2D eigenvalue weighted by Crippen LogP contribution is 2.22. The lowest BCUT2D eigenvalue weighted by Crippen LogP contribution is -2.36. The fourth-order valence-corrected chi connectivity index (χ4v) is 3.18. The third-order valence-corrected chi connectivity index (χ3v) is 4.58. The van der Waals surface area contributed by atoms with Gasteiger partial charge >= 0.3 is 0 Å². The van der Waals surface area contributed by atoms with Gasteiger partial charge in [-0.15, -0.1) is 0 Å². The molecule has 0 unspecified atom stereocenters. The summed E-state index contributed by atoms with van der Waals surface area (Å²) in [7, 11) is 0. The van der Waals surface area contributed by atoms with Crippen molar-refractivity contribution in [3.8, 4) is 0 Å². The number of oxazole rings is 1. The number of aryl methyl sites for hydroxylation is 1. The second kappa shape index (κ2) is 7.11. The Morgan fingerprint density at radius 1 is 1.15 bits per heavy atom. The van der Waals surface area contributed by atoms with Crippen LogP contribution in [0.1, 0.15) is 17.7 Å². The molecule has 0 bridgehead atoms. The monoisotopic (exact) mass is 351 g/mol. The van der Waals surface area contributed by atoms with Gasteiger partial charge in [0.15, 0.2) is 5.58 Å². The molecule has 0 aliphatic carbocycles. The number of carbonyl (C=O) groups is 1. The number of nitrogens with zero attached hydrogens (tertiary/aromatic N) is 5. The highest BCUT2D eigenvalue weighted by molar-refractivity contribution is 5.78. The summed E-state index contributed by atoms with van der Waals surface area (Å²) >= 11 is 0. The average molecular weight is 351 g/mol. The number of hydrogen-bond acceptors (Lipinski definition) is 6. The molecule has 1 fully saturated rings. The fraction of sp³-hybridized carbons (Fsp3) is 0.368. The van der Waals surface area contributed by atoms with Crippen LogP contribution in [0, 0.1) is 6.92 Å². The number of pyridine rings is 2. The smallest absolute Gasteiger partial charge is 0.300 e. The molecule has 3 aromatic rings. The van der Waals surface area contributed by atoms with Crippen LogP contribution in [-0.4, -0.2) is 51.9 Å². The topological polar surface area (TPSA) is 75.4 Å². The Bertz CT molecular complexity index is 909. The Kier molecular flexibility index (Phi) is 4.51. The van der Waals surface area contributed by atoms with Gasteiger partial charge in [0, 0.05) is 44.3 Å². The molecule has 1 aliphatic rings. The minimum absolute atomic E-state index is 0.134. The molecule has 1 amide bonds. The number of amides is 1. The summed E-state index contributed by atoms with van der Waals surface area (Å²) < 4.78 is 5.85. The predicted octanol–water partition coefficient (Wildman–Crippen LogP) is 2.21. The van der Waals surface area contributed by atoms with Crippen molar-refractivity contribution in [1.29, 1.82) is 0 Å². The molecule has 0 spiro atoms. The number of fused-ring (bicyclic) bond motifs is 1. The van der Waals surface area contributed by atoms with Gasteiger partial charge in [-0.05, 0) is 37.1 Å². The van der Waals surface area contributed by atoms with Crippen molar-refractivity contribution in [2.24, 2.45) is 0 Å². The van der Waals surface area contributed by atoms with Crippen molar-refractivity contribution in [1.82, 2.24) is 19.9 Å². The highest BCUT2D eigenvalue weighted by Gasteiger charge is 2.22. The SMILES string of the molecule is Cc1ccc2oc(N3CCCN(C(=O)Cc4cccnc4)CC3)nc2n1. The molecule has 3 aromatic heterocycles. The van der Waals surface area contributed by atoms with Gasteiger partial charge < -0.3 is 14.2 Å². The summed E-state index contributed by atoms with van der Waals surface area (Å²) in [6, 6.07) is 8.19. The summed E-state index contributed by atoms with van der Waals surface area (Å²) in [4.78, 5) is 29.6. The minimum Gasteiger partial charge on any atom is -0.422 e. The van der Waals surface area contributed by atoms with E-state index in [-0.39, 0.29) is 5.91 Å². The lowest BCUT2D eigenvalue weighted by Gasteiger charge is -2.21. The molecule has 7 nitrogen and oxygen atoms in total. The van der Waals surface area contributed by atoms with Crippen molar-refractivity contribution in [3.63, 3.8) is 0 Å². The Balaban J connectivity index is 1.43. The maximum absolute atomic E-state index is 12.6. The van der Waals surface area contributed by atoms with Crippen LogP contribution in [-0.2, 0) is 11.2 Å². The molecule has 1 saturated heterocycles. The standard InChI is InChI=1S/C19H21N5O2/c1-14-5-6-16-18(21-14)22-19(26-16)24-9-3-8-23(10-11-24)17(25)12-15-4-2-7-20-13-15/h2,4-7,13H,3,8-12H2,1H3. The first kappa shape index (κ1) is 16.5. The molecule has 0 radical (unpaired) electrons. The lowest BCUT2D eigenvalue weighted by molar-refractivity contribution is -0.130. The van der Waals surface area contributed by atoms with E-state index < -0.39 is 0 Å². The molecular formula is C19H21N5O2. The molecule has 4 heterocycles. The van der Waals surface area contributed by atoms with Gasteiger partial charge in [-0.3, -0.25) is 9.78 Å². The first-order chi connectivity index (χ1) is 12.7. The number of hydrogen-bond donors (Lipinski definition) is 0. The van der Waals surface area contributed by atoms with Crippen LogP contribution in [0.4, 0.5) is 6.01 Å². The largest absolute Gasteiger partial charge is 0.422 e. The number of anilines is 1. The van der Waals surface area contributed by atoms with E-state index in [9.17, 15) is 4.79 Å². The molecule has 0 N–H and O–H groups in total. The molecule has 0 aromatic carbocycles. The number of aromatic nitrogens is 3. The molecule has 134 valence electrons. The molecular weight excluding hydrogens is 330 g/mol. The van der Waals surface area contributed by atoms with E-state index in [0.29, 0.717) is 36.8 Å². The van der Waals surface area contributed by atoms with Gasteiger partial charge in [0.1, 0.15) is 0 Å². The lowest BCUT2D eigenvalue weighted by atomic mass is 10.2. The van der Waals surface area contributed by atoms with E-state index in [4.69, 9.17) is 4.42 Å². The van der Waals surface area contributed by atoms with E-state index >= 15 is 0 Å². The zero-order chi connectivity index (χ0) is 17.9. The fourth-order valence-electron chi connectivity index (χ4n) is 3.18. The number of rotatable bonds is 3. The van der Waals surface area contributed by atoms with Gasteiger partial charge in [-0.25, -0.2) is 4.98 Å². The van der Waals surface area contributed by atoms with Crippen molar-refractivity contribution in [2.75, 3.05) is 31.1 Å². The normalized spacial score (nSPS) is 15.3. The van der Waals surface area contributed by atoms with Gasteiger partial charge in [-0.2, -0.15) is 4.98 Å². The quantitative estimate of drug-likeness (QED) is 0.720. The van der Waals surface area contributed by atoms with Gasteiger partial charge in [-0.1, -0.05) is 6.07 Å². The second-order valence-corrected chi connectivity index (χ2v) is 6.53. The van der Waals surface area contributed by atoms with Crippen LogP contribution >= 0.6 is 0 Å². The first-order valence-electron chi connectivity index (χ1n) is 8.85. The van der Waals surface area contributed by atoms with Crippen LogP contribution < -0.4 is 4.90 Å². The predicted molar refractivity (Wildman–Crippen MR) is 97.9 cm³/mol. The summed E-state index contributed by atoms with van der Waals surface area (Å²) in [5.74, 6) is 0.134. The van der Waals surface area contributed by atoms with Crippen molar-refractivity contribution < 1.29 is 9.21 Å². The number of carbonyl (C=O) groups excluding carboxylic acids is 1. The summed E-state index contributed by atoms with van der Waals surface area (Å²) in [6.07, 6.45) is 4.73. The third kappa shape index (κ3) is 3.51. The zero-order valence-corrected chi connectivity index (χ0v) is 14.8. The van der Waals surface area contributed by atoms with Crippen LogP contribution in [0.25, 0.3) is 11.2 Å². The average Bonchev–Trinajstić information content (AvgIpc) is 2.90. The van der Waals surface area contributed by atoms with Crippen molar-refractivity contribution in [3.05, 3.63) is 47.9 Å². The van der Waals surface area contributed by atoms with Crippen LogP contribution in [0.3, 0.4) is 0 Å². The maximum atomic E-state index is 12.6. The van der Waals surface area contributed by atoms with Gasteiger partial charge in [0.25, 0.3) is 6.01 Å². The maximum Gasteiger partial charge on any atom is 0.300 e. The summed E-state index contributed by atoms with van der Waals surface area (Å²) in [6.45, 7) is 4.84. The zero-order valence-electron chi connectivity index (χ0n) is 14.8. The molecule has 1 aliphatic heterocycles. The van der Waals surface area contributed by atoms with E-state index in [1.807, 2.05) is 36.1 Å². The summed E-state index contributed by atoms with van der Waals surface area (Å²) in [5.41, 5.74) is 3.19. The molecule has 7 heteroatoms. The van der Waals surface area contributed by atoms with E-state index in [1.54, 1.807) is 12.4 Å². The second-order valence-electron chi connectivity index (χ2n) is 6.53. The van der Waals surface area contributed by atoms with Crippen molar-refractivity contribution >= 4 is 23.2 Å². The molecule has 4 rings (SSSR count). The van der Waals surface area contributed by atoms with Crippen molar-refractivity contribution in [2.45, 2.75) is 19.8 Å². The van der Waals surface area contributed by atoms with Crippen LogP contribution in [0.5, 0.6) is 0 Å². The Hall–Kier alpha value is -2.96. The highest BCUT2D eigenvalue weighted by atomic mass is 16.4. The Labute approximate surface area is 151 Å². The minimum atomic E-state index is 0.134. The van der Waals surface area contributed by atoms with Crippen LogP contribution in [0.2, 0.25) is 0 Å². The van der Waals surface area contributed by atoms with Gasteiger partial charge in [0.2, 0.25) is 11.6 Å². The molecule has 26 heavy (non-hydrogen) atoms. The van der Waals surface area contributed by atoms with E-state index in [0.717, 1.165) is 30.8 Å². The van der Waals surface area contributed by atoms with E-state index in [1.165, 1.54) is 0 Å².